The number of hydrogen-bond donors (Lipinski definition) is 0. The molecule has 0 N–H and O–H groups in total. The Labute approximate surface area is 131 Å². The number of ketones is 1. The maximum Gasteiger partial charge on any atom is 0.162 e. The fourth-order valence-corrected chi connectivity index (χ4v) is 3.03. The number of carbonyl (C=O) groups is 1. The van der Waals surface area contributed by atoms with Crippen molar-refractivity contribution >= 4 is 17.5 Å². The molecule has 2 heteroatoms. The highest BCUT2D eigenvalue weighted by molar-refractivity contribution is 7.99. The molecule has 0 heterocycles. The average molecular weight is 298 g/mol. The van der Waals surface area contributed by atoms with Crippen LogP contribution in [0.25, 0.3) is 0 Å². The van der Waals surface area contributed by atoms with Gasteiger partial charge in [-0.1, -0.05) is 68.3 Å². The van der Waals surface area contributed by atoms with Crippen LogP contribution in [0.1, 0.15) is 49.4 Å². The number of rotatable bonds is 8. The lowest BCUT2D eigenvalue weighted by Crippen LogP contribution is -1.98. The molecular weight excluding hydrogens is 276 g/mol. The summed E-state index contributed by atoms with van der Waals surface area (Å²) in [6, 6.07) is 18.3. The minimum atomic E-state index is 0.266. The van der Waals surface area contributed by atoms with Crippen LogP contribution in [0.5, 0.6) is 0 Å². The molecule has 0 unspecified atom stereocenters. The molecular formula is C19H22OS. The Morgan fingerprint density at radius 2 is 1.52 bits per heavy atom. The Balaban J connectivity index is 1.88. The van der Waals surface area contributed by atoms with Gasteiger partial charge < -0.3 is 0 Å². The van der Waals surface area contributed by atoms with Crippen LogP contribution in [-0.2, 0) is 0 Å². The van der Waals surface area contributed by atoms with E-state index in [0.29, 0.717) is 6.42 Å². The normalized spacial score (nSPS) is 10.5. The molecule has 0 atom stereocenters. The van der Waals surface area contributed by atoms with Gasteiger partial charge in [0.05, 0.1) is 0 Å². The Morgan fingerprint density at radius 3 is 2.19 bits per heavy atom. The van der Waals surface area contributed by atoms with Crippen LogP contribution in [0.15, 0.2) is 64.4 Å². The smallest absolute Gasteiger partial charge is 0.162 e. The third kappa shape index (κ3) is 5.39. The predicted molar refractivity (Wildman–Crippen MR) is 90.1 cm³/mol. The van der Waals surface area contributed by atoms with E-state index >= 15 is 0 Å². The van der Waals surface area contributed by atoms with E-state index in [-0.39, 0.29) is 5.78 Å². The van der Waals surface area contributed by atoms with Gasteiger partial charge in [-0.2, -0.15) is 0 Å². The molecule has 0 saturated carbocycles. The monoisotopic (exact) mass is 298 g/mol. The van der Waals surface area contributed by atoms with Crippen molar-refractivity contribution in [2.75, 3.05) is 0 Å². The standard InChI is InChI=1S/C19H22OS/c1-2-3-4-8-11-19(20)16-12-14-18(15-13-16)21-17-9-6-5-7-10-17/h5-7,9-10,12-15H,2-4,8,11H2,1H3. The van der Waals surface area contributed by atoms with Crippen LogP contribution in [0.2, 0.25) is 0 Å². The zero-order chi connectivity index (χ0) is 14.9. The van der Waals surface area contributed by atoms with Crippen molar-refractivity contribution in [3.05, 3.63) is 60.2 Å². The van der Waals surface area contributed by atoms with Gasteiger partial charge in [-0.05, 0) is 30.7 Å². The molecule has 0 saturated heterocycles. The van der Waals surface area contributed by atoms with Crippen molar-refractivity contribution in [1.29, 1.82) is 0 Å². The Morgan fingerprint density at radius 1 is 0.857 bits per heavy atom. The first-order valence-electron chi connectivity index (χ1n) is 7.66. The van der Waals surface area contributed by atoms with E-state index in [1.807, 2.05) is 42.5 Å². The van der Waals surface area contributed by atoms with Gasteiger partial charge in [0.25, 0.3) is 0 Å². The molecule has 0 aliphatic carbocycles. The van der Waals surface area contributed by atoms with Gasteiger partial charge in [0, 0.05) is 21.8 Å². The van der Waals surface area contributed by atoms with Gasteiger partial charge in [0.2, 0.25) is 0 Å². The van der Waals surface area contributed by atoms with Gasteiger partial charge in [0.1, 0.15) is 0 Å². The summed E-state index contributed by atoms with van der Waals surface area (Å²) < 4.78 is 0. The molecule has 0 radical (unpaired) electrons. The molecule has 1 nitrogen and oxygen atoms in total. The third-order valence-corrected chi connectivity index (χ3v) is 4.43. The Bertz CT molecular complexity index is 546. The molecule has 0 aliphatic heterocycles. The highest BCUT2D eigenvalue weighted by atomic mass is 32.2. The number of hydrogen-bond acceptors (Lipinski definition) is 2. The van der Waals surface area contributed by atoms with Gasteiger partial charge in [-0.3, -0.25) is 4.79 Å². The molecule has 0 spiro atoms. The quantitative estimate of drug-likeness (QED) is 0.440. The van der Waals surface area contributed by atoms with Crippen LogP contribution in [0, 0.1) is 0 Å². The van der Waals surface area contributed by atoms with Gasteiger partial charge >= 0.3 is 0 Å². The van der Waals surface area contributed by atoms with Crippen LogP contribution in [-0.4, -0.2) is 5.78 Å². The molecule has 2 aromatic carbocycles. The fourth-order valence-electron chi connectivity index (χ4n) is 2.19. The van der Waals surface area contributed by atoms with E-state index in [9.17, 15) is 4.79 Å². The third-order valence-electron chi connectivity index (χ3n) is 3.41. The van der Waals surface area contributed by atoms with Crippen molar-refractivity contribution in [3.8, 4) is 0 Å². The van der Waals surface area contributed by atoms with E-state index in [1.165, 1.54) is 22.6 Å². The summed E-state index contributed by atoms with van der Waals surface area (Å²) in [6.07, 6.45) is 5.27. The SMILES string of the molecule is CCCCCCC(=O)c1ccc(Sc2ccccc2)cc1. The highest BCUT2D eigenvalue weighted by Crippen LogP contribution is 2.27. The molecule has 110 valence electrons. The molecule has 0 fully saturated rings. The van der Waals surface area contributed by atoms with Crippen LogP contribution in [0.4, 0.5) is 0 Å². The molecule has 0 aliphatic rings. The second-order valence-corrected chi connectivity index (χ2v) is 6.32. The minimum Gasteiger partial charge on any atom is -0.294 e. The lowest BCUT2D eigenvalue weighted by Gasteiger charge is -2.04. The van der Waals surface area contributed by atoms with Crippen molar-refractivity contribution in [2.45, 2.75) is 48.8 Å². The summed E-state index contributed by atoms with van der Waals surface area (Å²) in [7, 11) is 0. The van der Waals surface area contributed by atoms with Gasteiger partial charge in [-0.15, -0.1) is 0 Å². The number of carbonyl (C=O) groups excluding carboxylic acids is 1. The average Bonchev–Trinajstić information content (AvgIpc) is 2.53. The predicted octanol–water partition coefficient (Wildman–Crippen LogP) is 5.99. The molecule has 21 heavy (non-hydrogen) atoms. The summed E-state index contributed by atoms with van der Waals surface area (Å²) in [5.41, 5.74) is 0.837. The second kappa shape index (κ2) is 8.68. The highest BCUT2D eigenvalue weighted by Gasteiger charge is 2.05. The zero-order valence-corrected chi connectivity index (χ0v) is 13.4. The largest absolute Gasteiger partial charge is 0.294 e. The van der Waals surface area contributed by atoms with Crippen molar-refractivity contribution < 1.29 is 4.79 Å². The summed E-state index contributed by atoms with van der Waals surface area (Å²) in [5, 5.41) is 0. The first-order chi connectivity index (χ1) is 10.3. The maximum absolute atomic E-state index is 12.1. The maximum atomic E-state index is 12.1. The second-order valence-electron chi connectivity index (χ2n) is 5.17. The van der Waals surface area contributed by atoms with Crippen molar-refractivity contribution in [3.63, 3.8) is 0 Å². The number of unbranched alkanes of at least 4 members (excludes halogenated alkanes) is 3. The lowest BCUT2D eigenvalue weighted by atomic mass is 10.0. The number of Topliss-reactive ketones (excluding diaryl/α,β-unsaturated/α-hetero) is 1. The molecule has 0 amide bonds. The molecule has 0 aromatic heterocycles. The number of benzene rings is 2. The molecule has 0 bridgehead atoms. The van der Waals surface area contributed by atoms with Gasteiger partial charge in [0.15, 0.2) is 5.78 Å². The molecule has 2 rings (SSSR count). The van der Waals surface area contributed by atoms with Crippen LogP contribution < -0.4 is 0 Å². The summed E-state index contributed by atoms with van der Waals surface area (Å²) in [6.45, 7) is 2.19. The Kier molecular flexibility index (Phi) is 6.55. The zero-order valence-electron chi connectivity index (χ0n) is 12.5. The van der Waals surface area contributed by atoms with E-state index in [0.717, 1.165) is 18.4 Å². The topological polar surface area (TPSA) is 17.1 Å². The van der Waals surface area contributed by atoms with E-state index in [1.54, 1.807) is 11.8 Å². The Hall–Kier alpha value is -1.54. The summed E-state index contributed by atoms with van der Waals surface area (Å²) >= 11 is 1.72. The van der Waals surface area contributed by atoms with E-state index in [2.05, 4.69) is 19.1 Å². The van der Waals surface area contributed by atoms with E-state index in [4.69, 9.17) is 0 Å². The van der Waals surface area contributed by atoms with Crippen molar-refractivity contribution in [1.82, 2.24) is 0 Å². The fraction of sp³-hybridized carbons (Fsp3) is 0.316. The van der Waals surface area contributed by atoms with E-state index < -0.39 is 0 Å². The van der Waals surface area contributed by atoms with Gasteiger partial charge in [-0.25, -0.2) is 0 Å². The van der Waals surface area contributed by atoms with Crippen LogP contribution >= 0.6 is 11.8 Å². The first-order valence-corrected chi connectivity index (χ1v) is 8.47. The van der Waals surface area contributed by atoms with Crippen LogP contribution in [0.3, 0.4) is 0 Å². The lowest BCUT2D eigenvalue weighted by molar-refractivity contribution is 0.0979. The summed E-state index contributed by atoms with van der Waals surface area (Å²) in [5.74, 6) is 0.266. The summed E-state index contributed by atoms with van der Waals surface area (Å²) in [4.78, 5) is 14.5. The molecule has 2 aromatic rings. The minimum absolute atomic E-state index is 0.266. The first kappa shape index (κ1) is 15.8. The van der Waals surface area contributed by atoms with Crippen molar-refractivity contribution in [2.24, 2.45) is 0 Å².